The van der Waals surface area contributed by atoms with E-state index in [1.807, 2.05) is 24.3 Å². The largest absolute Gasteiger partial charge is 0.351 e. The van der Waals surface area contributed by atoms with E-state index in [-0.39, 0.29) is 18.3 Å². The van der Waals surface area contributed by atoms with Crippen molar-refractivity contribution in [2.75, 3.05) is 13.1 Å². The molecule has 7 nitrogen and oxygen atoms in total. The van der Waals surface area contributed by atoms with Crippen molar-refractivity contribution in [3.63, 3.8) is 0 Å². The van der Waals surface area contributed by atoms with Crippen LogP contribution in [0.25, 0.3) is 11.4 Å². The molecule has 1 heterocycles. The lowest BCUT2D eigenvalue weighted by atomic mass is 10.1. The molecule has 1 aliphatic carbocycles. The number of rotatable bonds is 7. The second-order valence-corrected chi connectivity index (χ2v) is 5.28. The third kappa shape index (κ3) is 4.78. The van der Waals surface area contributed by atoms with Gasteiger partial charge in [0.15, 0.2) is 0 Å². The molecule has 1 aliphatic rings. The van der Waals surface area contributed by atoms with Gasteiger partial charge in [0.25, 0.3) is 0 Å². The molecule has 1 saturated carbocycles. The maximum absolute atomic E-state index is 11.7. The molecule has 118 valence electrons. The third-order valence-corrected chi connectivity index (χ3v) is 3.46. The maximum atomic E-state index is 11.7. The summed E-state index contributed by atoms with van der Waals surface area (Å²) in [6.45, 7) is 1.86. The van der Waals surface area contributed by atoms with Gasteiger partial charge in [-0.1, -0.05) is 24.3 Å². The molecular weight excluding hydrogens is 304 g/mol. The standard InChI is InChI=1S/C14H18N6O.ClH/c21-13(9-15-7-10-1-2-10)16-8-11-3-5-12(6-4-11)14-17-19-20-18-14;/h3-6,10,15H,1-2,7-9H2,(H,16,21)(H,17,18,19,20);1H. The Labute approximate surface area is 134 Å². The quantitative estimate of drug-likeness (QED) is 0.704. The Morgan fingerprint density at radius 3 is 2.68 bits per heavy atom. The first kappa shape index (κ1) is 16.4. The predicted octanol–water partition coefficient (Wildman–Crippen LogP) is 0.904. The molecular formula is C14H19ClN6O. The molecule has 0 bridgehead atoms. The number of hydrogen-bond donors (Lipinski definition) is 3. The first-order chi connectivity index (χ1) is 10.3. The summed E-state index contributed by atoms with van der Waals surface area (Å²) >= 11 is 0. The summed E-state index contributed by atoms with van der Waals surface area (Å²) in [5, 5.41) is 19.9. The zero-order valence-electron chi connectivity index (χ0n) is 12.1. The van der Waals surface area contributed by atoms with Crippen molar-refractivity contribution < 1.29 is 4.79 Å². The first-order valence-corrected chi connectivity index (χ1v) is 7.11. The minimum Gasteiger partial charge on any atom is -0.351 e. The highest BCUT2D eigenvalue weighted by atomic mass is 35.5. The van der Waals surface area contributed by atoms with Gasteiger partial charge in [0.2, 0.25) is 11.7 Å². The molecule has 0 saturated heterocycles. The van der Waals surface area contributed by atoms with Crippen molar-refractivity contribution in [2.45, 2.75) is 19.4 Å². The number of H-pyrrole nitrogens is 1. The summed E-state index contributed by atoms with van der Waals surface area (Å²) in [5.41, 5.74) is 1.93. The number of nitrogens with zero attached hydrogens (tertiary/aromatic N) is 3. The SMILES string of the molecule is Cl.O=C(CNCC1CC1)NCc1ccc(-c2nn[nH]n2)cc1. The van der Waals surface area contributed by atoms with E-state index in [9.17, 15) is 4.79 Å². The number of benzene rings is 1. The first-order valence-electron chi connectivity index (χ1n) is 7.11. The minimum atomic E-state index is 0. The lowest BCUT2D eigenvalue weighted by Gasteiger charge is -2.06. The molecule has 3 N–H and O–H groups in total. The van der Waals surface area contributed by atoms with E-state index in [1.54, 1.807) is 0 Å². The van der Waals surface area contributed by atoms with Gasteiger partial charge < -0.3 is 10.6 Å². The van der Waals surface area contributed by atoms with Gasteiger partial charge >= 0.3 is 0 Å². The van der Waals surface area contributed by atoms with Crippen molar-refractivity contribution in [1.82, 2.24) is 31.3 Å². The van der Waals surface area contributed by atoms with Crippen LogP contribution in [0.5, 0.6) is 0 Å². The van der Waals surface area contributed by atoms with Crippen LogP contribution in [-0.4, -0.2) is 39.6 Å². The van der Waals surface area contributed by atoms with Gasteiger partial charge in [0.1, 0.15) is 0 Å². The van der Waals surface area contributed by atoms with Gasteiger partial charge in [0, 0.05) is 12.1 Å². The van der Waals surface area contributed by atoms with Gasteiger partial charge in [-0.3, -0.25) is 4.79 Å². The molecule has 0 spiro atoms. The summed E-state index contributed by atoms with van der Waals surface area (Å²) in [7, 11) is 0. The Kier molecular flexibility index (Phi) is 5.85. The molecule has 1 fully saturated rings. The minimum absolute atomic E-state index is 0. The van der Waals surface area contributed by atoms with Crippen molar-refractivity contribution in [3.05, 3.63) is 29.8 Å². The van der Waals surface area contributed by atoms with Crippen LogP contribution in [-0.2, 0) is 11.3 Å². The fourth-order valence-corrected chi connectivity index (χ4v) is 2.03. The number of nitrogens with one attached hydrogen (secondary N) is 3. The van der Waals surface area contributed by atoms with Crippen LogP contribution in [0.15, 0.2) is 24.3 Å². The van der Waals surface area contributed by atoms with E-state index < -0.39 is 0 Å². The van der Waals surface area contributed by atoms with E-state index >= 15 is 0 Å². The van der Waals surface area contributed by atoms with E-state index in [1.165, 1.54) is 12.8 Å². The van der Waals surface area contributed by atoms with Crippen molar-refractivity contribution in [2.24, 2.45) is 5.92 Å². The number of aromatic amines is 1. The fourth-order valence-electron chi connectivity index (χ4n) is 2.03. The number of hydrogen-bond acceptors (Lipinski definition) is 5. The molecule has 1 amide bonds. The van der Waals surface area contributed by atoms with Crippen LogP contribution in [0, 0.1) is 5.92 Å². The fraction of sp³-hybridized carbons (Fsp3) is 0.429. The van der Waals surface area contributed by atoms with Crippen LogP contribution >= 0.6 is 12.4 Å². The molecule has 1 aromatic carbocycles. The molecule has 8 heteroatoms. The van der Waals surface area contributed by atoms with Crippen LogP contribution < -0.4 is 10.6 Å². The lowest BCUT2D eigenvalue weighted by molar-refractivity contribution is -0.120. The van der Waals surface area contributed by atoms with E-state index in [0.717, 1.165) is 23.6 Å². The zero-order valence-corrected chi connectivity index (χ0v) is 12.9. The highest BCUT2D eigenvalue weighted by molar-refractivity contribution is 5.85. The maximum Gasteiger partial charge on any atom is 0.234 e. The number of aromatic nitrogens is 4. The van der Waals surface area contributed by atoms with Gasteiger partial charge in [-0.2, -0.15) is 5.21 Å². The average Bonchev–Trinajstić information content (AvgIpc) is 3.16. The van der Waals surface area contributed by atoms with Crippen LogP contribution in [0.2, 0.25) is 0 Å². The second kappa shape index (κ2) is 7.86. The Bertz CT molecular complexity index is 582. The Hall–Kier alpha value is -1.99. The van der Waals surface area contributed by atoms with Crippen molar-refractivity contribution >= 4 is 18.3 Å². The van der Waals surface area contributed by atoms with Gasteiger partial charge in [0.05, 0.1) is 6.54 Å². The Balaban J connectivity index is 0.00000176. The highest BCUT2D eigenvalue weighted by Gasteiger charge is 2.20. The van der Waals surface area contributed by atoms with Crippen LogP contribution in [0.1, 0.15) is 18.4 Å². The van der Waals surface area contributed by atoms with Gasteiger partial charge in [-0.15, -0.1) is 22.6 Å². The number of halogens is 1. The van der Waals surface area contributed by atoms with E-state index in [2.05, 4.69) is 31.3 Å². The molecule has 22 heavy (non-hydrogen) atoms. The highest BCUT2D eigenvalue weighted by Crippen LogP contribution is 2.27. The number of carbonyl (C=O) groups excluding carboxylic acids is 1. The zero-order chi connectivity index (χ0) is 14.5. The third-order valence-electron chi connectivity index (χ3n) is 3.46. The Morgan fingerprint density at radius 2 is 2.05 bits per heavy atom. The molecule has 1 aromatic heterocycles. The van der Waals surface area contributed by atoms with E-state index in [0.29, 0.717) is 18.9 Å². The molecule has 3 rings (SSSR count). The summed E-state index contributed by atoms with van der Waals surface area (Å²) in [6, 6.07) is 7.72. The van der Waals surface area contributed by atoms with E-state index in [4.69, 9.17) is 0 Å². The average molecular weight is 323 g/mol. The van der Waals surface area contributed by atoms with Crippen molar-refractivity contribution in [1.29, 1.82) is 0 Å². The molecule has 0 aliphatic heterocycles. The van der Waals surface area contributed by atoms with Crippen molar-refractivity contribution in [3.8, 4) is 11.4 Å². The lowest BCUT2D eigenvalue weighted by Crippen LogP contribution is -2.34. The molecule has 0 unspecified atom stereocenters. The summed E-state index contributed by atoms with van der Waals surface area (Å²) in [5.74, 6) is 1.38. The summed E-state index contributed by atoms with van der Waals surface area (Å²) in [6.07, 6.45) is 2.59. The molecule has 2 aromatic rings. The van der Waals surface area contributed by atoms with Crippen LogP contribution in [0.3, 0.4) is 0 Å². The predicted molar refractivity (Wildman–Crippen MR) is 84.3 cm³/mol. The molecule has 0 atom stereocenters. The second-order valence-electron chi connectivity index (χ2n) is 5.28. The van der Waals surface area contributed by atoms with Gasteiger partial charge in [-0.05, 0) is 36.1 Å². The van der Waals surface area contributed by atoms with Gasteiger partial charge in [-0.25, -0.2) is 0 Å². The number of tetrazole rings is 1. The smallest absolute Gasteiger partial charge is 0.234 e. The normalized spacial score (nSPS) is 13.5. The molecule has 0 radical (unpaired) electrons. The Morgan fingerprint density at radius 1 is 1.27 bits per heavy atom. The monoisotopic (exact) mass is 322 g/mol. The number of amides is 1. The summed E-state index contributed by atoms with van der Waals surface area (Å²) < 4.78 is 0. The number of carbonyl (C=O) groups is 1. The van der Waals surface area contributed by atoms with Crippen LogP contribution in [0.4, 0.5) is 0 Å². The topological polar surface area (TPSA) is 95.6 Å². The summed E-state index contributed by atoms with van der Waals surface area (Å²) in [4.78, 5) is 11.7.